The molecule has 1 amide bonds. The van der Waals surface area contributed by atoms with Crippen molar-refractivity contribution in [2.75, 3.05) is 0 Å². The molecule has 0 bridgehead atoms. The van der Waals surface area contributed by atoms with E-state index in [-0.39, 0.29) is 17.9 Å². The second-order valence-corrected chi connectivity index (χ2v) is 8.96. The van der Waals surface area contributed by atoms with Crippen LogP contribution in [0.4, 0.5) is 0 Å². The number of nitrogens with zero attached hydrogens (tertiary/aromatic N) is 5. The highest BCUT2D eigenvalue weighted by Crippen LogP contribution is 2.27. The SMILES string of the molecule is CC(C)c1cc(C(=O)NC(c2ccc(Cl)cc2)c2nccn2C)c2cnn(C(C)C)c2n1. The number of imidazole rings is 1. The van der Waals surface area contributed by atoms with Gasteiger partial charge in [-0.15, -0.1) is 0 Å². The average Bonchev–Trinajstić information content (AvgIpc) is 3.38. The summed E-state index contributed by atoms with van der Waals surface area (Å²) < 4.78 is 3.76. The summed E-state index contributed by atoms with van der Waals surface area (Å²) in [6.07, 6.45) is 5.30. The lowest BCUT2D eigenvalue weighted by atomic mass is 10.0. The van der Waals surface area contributed by atoms with Crippen molar-refractivity contribution in [2.45, 2.75) is 45.7 Å². The molecule has 32 heavy (non-hydrogen) atoms. The molecule has 7 nitrogen and oxygen atoms in total. The molecule has 3 aromatic heterocycles. The van der Waals surface area contributed by atoms with Crippen LogP contribution in [0.3, 0.4) is 0 Å². The largest absolute Gasteiger partial charge is 0.338 e. The maximum absolute atomic E-state index is 13.6. The van der Waals surface area contributed by atoms with Gasteiger partial charge in [0.15, 0.2) is 5.65 Å². The molecule has 0 aliphatic carbocycles. The van der Waals surface area contributed by atoms with E-state index in [0.717, 1.165) is 28.1 Å². The van der Waals surface area contributed by atoms with Gasteiger partial charge in [-0.1, -0.05) is 37.6 Å². The molecule has 0 radical (unpaired) electrons. The van der Waals surface area contributed by atoms with Crippen LogP contribution in [0.1, 0.15) is 73.1 Å². The molecular weight excluding hydrogens is 424 g/mol. The number of carbonyl (C=O) groups is 1. The summed E-state index contributed by atoms with van der Waals surface area (Å²) in [4.78, 5) is 22.9. The predicted octanol–water partition coefficient (Wildman–Crippen LogP) is 5.04. The van der Waals surface area contributed by atoms with Gasteiger partial charge in [0, 0.05) is 36.2 Å². The van der Waals surface area contributed by atoms with Gasteiger partial charge in [0.25, 0.3) is 5.91 Å². The van der Waals surface area contributed by atoms with Gasteiger partial charge in [0.05, 0.1) is 17.1 Å². The molecular formula is C24H27ClN6O. The molecule has 1 unspecified atom stereocenters. The Bertz CT molecular complexity index is 1260. The number of hydrogen-bond acceptors (Lipinski definition) is 4. The molecule has 0 fully saturated rings. The zero-order valence-electron chi connectivity index (χ0n) is 18.9. The Hall–Kier alpha value is -3.19. The van der Waals surface area contributed by atoms with Gasteiger partial charge in [-0.3, -0.25) is 4.79 Å². The van der Waals surface area contributed by atoms with E-state index in [1.54, 1.807) is 12.4 Å². The fraction of sp³-hybridized carbons (Fsp3) is 0.333. The Balaban J connectivity index is 1.80. The number of benzene rings is 1. The van der Waals surface area contributed by atoms with Crippen LogP contribution in [0.2, 0.25) is 5.02 Å². The Morgan fingerprint density at radius 3 is 2.44 bits per heavy atom. The molecule has 0 saturated carbocycles. The van der Waals surface area contributed by atoms with Crippen molar-refractivity contribution in [3.63, 3.8) is 0 Å². The number of rotatable bonds is 6. The van der Waals surface area contributed by atoms with Crippen LogP contribution in [0.25, 0.3) is 11.0 Å². The van der Waals surface area contributed by atoms with Gasteiger partial charge < -0.3 is 9.88 Å². The first-order valence-corrected chi connectivity index (χ1v) is 11.1. The molecule has 4 aromatic rings. The zero-order valence-corrected chi connectivity index (χ0v) is 19.6. The summed E-state index contributed by atoms with van der Waals surface area (Å²) in [7, 11) is 1.91. The standard InChI is InChI=1S/C24H27ClN6O/c1-14(2)20-12-18(19-13-27-31(15(3)4)22(19)28-20)24(32)29-21(23-26-10-11-30(23)5)16-6-8-17(25)9-7-16/h6-15,21H,1-5H3,(H,29,32). The van der Waals surface area contributed by atoms with Crippen LogP contribution < -0.4 is 5.32 Å². The lowest BCUT2D eigenvalue weighted by Crippen LogP contribution is -2.31. The van der Waals surface area contributed by atoms with Crippen molar-refractivity contribution in [3.05, 3.63) is 76.6 Å². The molecule has 8 heteroatoms. The highest BCUT2D eigenvalue weighted by atomic mass is 35.5. The van der Waals surface area contributed by atoms with Crippen LogP contribution >= 0.6 is 11.6 Å². The molecule has 1 aromatic carbocycles. The van der Waals surface area contributed by atoms with Crippen LogP contribution in [-0.4, -0.2) is 30.2 Å². The number of aromatic nitrogens is 5. The number of halogens is 1. The normalized spacial score (nSPS) is 12.6. The van der Waals surface area contributed by atoms with Crippen LogP contribution in [-0.2, 0) is 7.05 Å². The zero-order chi connectivity index (χ0) is 23.0. The number of nitrogens with one attached hydrogen (secondary N) is 1. The van der Waals surface area contributed by atoms with Crippen molar-refractivity contribution >= 4 is 28.5 Å². The minimum Gasteiger partial charge on any atom is -0.338 e. The highest BCUT2D eigenvalue weighted by Gasteiger charge is 2.24. The van der Waals surface area contributed by atoms with Gasteiger partial charge in [-0.25, -0.2) is 14.6 Å². The lowest BCUT2D eigenvalue weighted by molar-refractivity contribution is 0.0942. The van der Waals surface area contributed by atoms with Gasteiger partial charge in [0.2, 0.25) is 0 Å². The Kier molecular flexibility index (Phi) is 6.02. The third kappa shape index (κ3) is 4.12. The van der Waals surface area contributed by atoms with Gasteiger partial charge in [-0.2, -0.15) is 5.10 Å². The van der Waals surface area contributed by atoms with Gasteiger partial charge in [0.1, 0.15) is 11.9 Å². The number of fused-ring (bicyclic) bond motifs is 1. The molecule has 0 saturated heterocycles. The number of amides is 1. The Morgan fingerprint density at radius 2 is 1.84 bits per heavy atom. The summed E-state index contributed by atoms with van der Waals surface area (Å²) >= 11 is 6.09. The first-order valence-electron chi connectivity index (χ1n) is 10.7. The molecule has 0 aliphatic rings. The van der Waals surface area contributed by atoms with E-state index >= 15 is 0 Å². The predicted molar refractivity (Wildman–Crippen MR) is 126 cm³/mol. The van der Waals surface area contributed by atoms with E-state index < -0.39 is 6.04 Å². The highest BCUT2D eigenvalue weighted by molar-refractivity contribution is 6.30. The van der Waals surface area contributed by atoms with Crippen LogP contribution in [0, 0.1) is 0 Å². The summed E-state index contributed by atoms with van der Waals surface area (Å²) in [5.41, 5.74) is 3.02. The van der Waals surface area contributed by atoms with Crippen molar-refractivity contribution < 1.29 is 4.79 Å². The number of carbonyl (C=O) groups excluding carboxylic acids is 1. The van der Waals surface area contributed by atoms with E-state index in [2.05, 4.69) is 29.2 Å². The lowest BCUT2D eigenvalue weighted by Gasteiger charge is -2.20. The van der Waals surface area contributed by atoms with Crippen LogP contribution in [0.15, 0.2) is 48.9 Å². The first kappa shape index (κ1) is 22.0. The van der Waals surface area contributed by atoms with Crippen LogP contribution in [0.5, 0.6) is 0 Å². The van der Waals surface area contributed by atoms with Gasteiger partial charge in [-0.05, 0) is 43.5 Å². The second-order valence-electron chi connectivity index (χ2n) is 8.52. The molecule has 4 rings (SSSR count). The van der Waals surface area contributed by atoms with Gasteiger partial charge >= 0.3 is 0 Å². The van der Waals surface area contributed by atoms with E-state index in [1.807, 2.05) is 66.7 Å². The number of aryl methyl sites for hydroxylation is 1. The maximum atomic E-state index is 13.6. The third-order valence-corrected chi connectivity index (χ3v) is 5.76. The second kappa shape index (κ2) is 8.74. The Labute approximate surface area is 192 Å². The quantitative estimate of drug-likeness (QED) is 0.446. The van der Waals surface area contributed by atoms with E-state index in [9.17, 15) is 4.79 Å². The maximum Gasteiger partial charge on any atom is 0.253 e. The molecule has 0 spiro atoms. The monoisotopic (exact) mass is 450 g/mol. The fourth-order valence-corrected chi connectivity index (χ4v) is 3.84. The van der Waals surface area contributed by atoms with Crippen molar-refractivity contribution in [1.29, 1.82) is 0 Å². The third-order valence-electron chi connectivity index (χ3n) is 5.51. The number of hydrogen-bond donors (Lipinski definition) is 1. The average molecular weight is 451 g/mol. The fourth-order valence-electron chi connectivity index (χ4n) is 3.72. The summed E-state index contributed by atoms with van der Waals surface area (Å²) in [6, 6.07) is 8.99. The molecule has 1 atom stereocenters. The van der Waals surface area contributed by atoms with Crippen molar-refractivity contribution in [2.24, 2.45) is 7.05 Å². The van der Waals surface area contributed by atoms with E-state index in [4.69, 9.17) is 16.6 Å². The molecule has 0 aliphatic heterocycles. The summed E-state index contributed by atoms with van der Waals surface area (Å²) in [5.74, 6) is 0.696. The van der Waals surface area contributed by atoms with E-state index in [1.165, 1.54) is 0 Å². The van der Waals surface area contributed by atoms with Crippen molar-refractivity contribution in [1.82, 2.24) is 29.6 Å². The minimum absolute atomic E-state index is 0.132. The molecule has 1 N–H and O–H groups in total. The number of pyridine rings is 1. The molecule has 166 valence electrons. The first-order chi connectivity index (χ1) is 15.3. The minimum atomic E-state index is -0.439. The molecule has 3 heterocycles. The smallest absolute Gasteiger partial charge is 0.253 e. The van der Waals surface area contributed by atoms with Crippen molar-refractivity contribution in [3.8, 4) is 0 Å². The summed E-state index contributed by atoms with van der Waals surface area (Å²) in [5, 5.41) is 9.04. The summed E-state index contributed by atoms with van der Waals surface area (Å²) in [6.45, 7) is 8.23. The van der Waals surface area contributed by atoms with E-state index in [0.29, 0.717) is 10.6 Å². The topological polar surface area (TPSA) is 77.6 Å². The Morgan fingerprint density at radius 1 is 1.12 bits per heavy atom.